The molecule has 0 fully saturated rings. The van der Waals surface area contributed by atoms with Gasteiger partial charge in [-0.25, -0.2) is 0 Å². The molecule has 1 unspecified atom stereocenters. The average Bonchev–Trinajstić information content (AvgIpc) is 3.00. The van der Waals surface area contributed by atoms with Gasteiger partial charge in [0.15, 0.2) is 0 Å². The number of hydrogen-bond donors (Lipinski definition) is 1. The van der Waals surface area contributed by atoms with E-state index in [0.29, 0.717) is 6.54 Å². The number of benzene rings is 1. The van der Waals surface area contributed by atoms with Crippen LogP contribution in [0.5, 0.6) is 0 Å². The fourth-order valence-corrected chi connectivity index (χ4v) is 3.70. The van der Waals surface area contributed by atoms with Crippen molar-refractivity contribution in [2.24, 2.45) is 0 Å². The summed E-state index contributed by atoms with van der Waals surface area (Å²) in [4.78, 5) is 16.1. The van der Waals surface area contributed by atoms with Gasteiger partial charge in [0.1, 0.15) is 0 Å². The zero-order chi connectivity index (χ0) is 15.5. The van der Waals surface area contributed by atoms with Crippen molar-refractivity contribution in [3.8, 4) is 0 Å². The third kappa shape index (κ3) is 3.39. The van der Waals surface area contributed by atoms with Crippen molar-refractivity contribution < 1.29 is 4.79 Å². The summed E-state index contributed by atoms with van der Waals surface area (Å²) in [6.07, 6.45) is 1.06. The van der Waals surface area contributed by atoms with Gasteiger partial charge in [0.2, 0.25) is 5.91 Å². The lowest BCUT2D eigenvalue weighted by atomic mass is 10.1. The van der Waals surface area contributed by atoms with E-state index in [1.165, 1.54) is 16.0 Å². The van der Waals surface area contributed by atoms with Gasteiger partial charge in [0, 0.05) is 24.5 Å². The van der Waals surface area contributed by atoms with Gasteiger partial charge in [-0.15, -0.1) is 11.3 Å². The van der Waals surface area contributed by atoms with E-state index in [-0.39, 0.29) is 11.9 Å². The van der Waals surface area contributed by atoms with Crippen molar-refractivity contribution in [3.05, 3.63) is 57.3 Å². The Kier molecular flexibility index (Phi) is 4.60. The van der Waals surface area contributed by atoms with E-state index in [4.69, 9.17) is 0 Å². The highest BCUT2D eigenvalue weighted by Gasteiger charge is 2.25. The van der Waals surface area contributed by atoms with E-state index in [0.717, 1.165) is 25.1 Å². The van der Waals surface area contributed by atoms with Gasteiger partial charge in [0.05, 0.1) is 6.04 Å². The SMILES string of the molecule is Cc1ccc(CNC(=O)C(C)N2CCc3sccc3C2)cc1. The third-order valence-electron chi connectivity index (χ3n) is 4.35. The predicted octanol–water partition coefficient (Wildman–Crippen LogP) is 3.12. The molecule has 0 spiro atoms. The van der Waals surface area contributed by atoms with Gasteiger partial charge in [-0.3, -0.25) is 9.69 Å². The second-order valence-corrected chi connectivity index (χ2v) is 6.97. The highest BCUT2D eigenvalue weighted by atomic mass is 32.1. The number of nitrogens with zero attached hydrogens (tertiary/aromatic N) is 1. The Morgan fingerprint density at radius 1 is 1.32 bits per heavy atom. The first-order valence-corrected chi connectivity index (χ1v) is 8.64. The summed E-state index contributed by atoms with van der Waals surface area (Å²) < 4.78 is 0. The quantitative estimate of drug-likeness (QED) is 0.940. The van der Waals surface area contributed by atoms with E-state index in [9.17, 15) is 4.79 Å². The molecule has 0 aliphatic carbocycles. The molecule has 1 aliphatic rings. The molecule has 0 radical (unpaired) electrons. The summed E-state index contributed by atoms with van der Waals surface area (Å²) in [6.45, 7) is 6.52. The molecular formula is C18H22N2OS. The van der Waals surface area contributed by atoms with Crippen LogP contribution in [0.1, 0.15) is 28.5 Å². The Bertz CT molecular complexity index is 647. The molecule has 1 aromatic carbocycles. The minimum Gasteiger partial charge on any atom is -0.351 e. The number of thiophene rings is 1. The molecule has 2 aromatic rings. The van der Waals surface area contributed by atoms with Crippen LogP contribution < -0.4 is 5.32 Å². The first-order chi connectivity index (χ1) is 10.6. The first-order valence-electron chi connectivity index (χ1n) is 7.76. The van der Waals surface area contributed by atoms with E-state index in [2.05, 4.69) is 52.9 Å². The monoisotopic (exact) mass is 314 g/mol. The van der Waals surface area contributed by atoms with Crippen LogP contribution in [0, 0.1) is 6.92 Å². The van der Waals surface area contributed by atoms with Crippen molar-refractivity contribution in [2.45, 2.75) is 39.4 Å². The van der Waals surface area contributed by atoms with E-state index in [1.807, 2.05) is 18.3 Å². The number of nitrogens with one attached hydrogen (secondary N) is 1. The largest absolute Gasteiger partial charge is 0.351 e. The molecule has 1 atom stereocenters. The molecule has 22 heavy (non-hydrogen) atoms. The Morgan fingerprint density at radius 3 is 2.86 bits per heavy atom. The van der Waals surface area contributed by atoms with Crippen molar-refractivity contribution in [3.63, 3.8) is 0 Å². The highest BCUT2D eigenvalue weighted by Crippen LogP contribution is 2.25. The van der Waals surface area contributed by atoms with Crippen molar-refractivity contribution in [2.75, 3.05) is 6.54 Å². The standard InChI is InChI=1S/C18H22N2OS/c1-13-3-5-15(6-4-13)11-19-18(21)14(2)20-9-7-17-16(12-20)8-10-22-17/h3-6,8,10,14H,7,9,11-12H2,1-2H3,(H,19,21). The molecule has 2 heterocycles. The third-order valence-corrected chi connectivity index (χ3v) is 5.37. The number of rotatable bonds is 4. The zero-order valence-electron chi connectivity index (χ0n) is 13.1. The molecule has 1 N–H and O–H groups in total. The summed E-state index contributed by atoms with van der Waals surface area (Å²) in [5, 5.41) is 5.20. The summed E-state index contributed by atoms with van der Waals surface area (Å²) >= 11 is 1.83. The number of hydrogen-bond acceptors (Lipinski definition) is 3. The Labute approximate surface area is 136 Å². The molecule has 0 bridgehead atoms. The van der Waals surface area contributed by atoms with Crippen LogP contribution in [0.15, 0.2) is 35.7 Å². The molecule has 4 heteroatoms. The van der Waals surface area contributed by atoms with Gasteiger partial charge in [-0.05, 0) is 42.8 Å². The number of aryl methyl sites for hydroxylation is 1. The number of carbonyl (C=O) groups is 1. The van der Waals surface area contributed by atoms with Gasteiger partial charge >= 0.3 is 0 Å². The smallest absolute Gasteiger partial charge is 0.237 e. The molecule has 1 amide bonds. The Morgan fingerprint density at radius 2 is 2.09 bits per heavy atom. The highest BCUT2D eigenvalue weighted by molar-refractivity contribution is 7.10. The van der Waals surface area contributed by atoms with Gasteiger partial charge in [-0.2, -0.15) is 0 Å². The fraction of sp³-hybridized carbons (Fsp3) is 0.389. The number of fused-ring (bicyclic) bond motifs is 1. The average molecular weight is 314 g/mol. The molecule has 1 aromatic heterocycles. The van der Waals surface area contributed by atoms with Crippen molar-refractivity contribution in [1.82, 2.24) is 10.2 Å². The fourth-order valence-electron chi connectivity index (χ4n) is 2.81. The maximum Gasteiger partial charge on any atom is 0.237 e. The lowest BCUT2D eigenvalue weighted by molar-refractivity contribution is -0.126. The Hall–Kier alpha value is -1.65. The van der Waals surface area contributed by atoms with Crippen LogP contribution in [-0.4, -0.2) is 23.4 Å². The summed E-state index contributed by atoms with van der Waals surface area (Å²) in [7, 11) is 0. The van der Waals surface area contributed by atoms with Crippen LogP contribution >= 0.6 is 11.3 Å². The second-order valence-electron chi connectivity index (χ2n) is 5.97. The molecule has 0 saturated carbocycles. The molecule has 3 nitrogen and oxygen atoms in total. The van der Waals surface area contributed by atoms with Crippen molar-refractivity contribution in [1.29, 1.82) is 0 Å². The number of amides is 1. The summed E-state index contributed by atoms with van der Waals surface area (Å²) in [5.74, 6) is 0.110. The minimum absolute atomic E-state index is 0.0847. The maximum atomic E-state index is 12.4. The maximum absolute atomic E-state index is 12.4. The summed E-state index contributed by atoms with van der Waals surface area (Å²) in [5.41, 5.74) is 3.77. The summed E-state index contributed by atoms with van der Waals surface area (Å²) in [6, 6.07) is 10.4. The minimum atomic E-state index is -0.0847. The van der Waals surface area contributed by atoms with E-state index >= 15 is 0 Å². The van der Waals surface area contributed by atoms with Crippen LogP contribution in [0.2, 0.25) is 0 Å². The van der Waals surface area contributed by atoms with Gasteiger partial charge in [-0.1, -0.05) is 29.8 Å². The van der Waals surface area contributed by atoms with Crippen molar-refractivity contribution >= 4 is 17.2 Å². The van der Waals surface area contributed by atoms with E-state index in [1.54, 1.807) is 0 Å². The molecule has 0 saturated heterocycles. The Balaban J connectivity index is 1.55. The molecular weight excluding hydrogens is 292 g/mol. The topological polar surface area (TPSA) is 32.3 Å². The lowest BCUT2D eigenvalue weighted by Gasteiger charge is -2.31. The second kappa shape index (κ2) is 6.63. The van der Waals surface area contributed by atoms with Crippen LogP contribution in [0.3, 0.4) is 0 Å². The first kappa shape index (κ1) is 15.3. The van der Waals surface area contributed by atoms with Gasteiger partial charge < -0.3 is 5.32 Å². The molecule has 3 rings (SSSR count). The van der Waals surface area contributed by atoms with Crippen LogP contribution in [0.4, 0.5) is 0 Å². The van der Waals surface area contributed by atoms with Crippen LogP contribution in [0.25, 0.3) is 0 Å². The lowest BCUT2D eigenvalue weighted by Crippen LogP contribution is -2.46. The molecule has 116 valence electrons. The van der Waals surface area contributed by atoms with Crippen LogP contribution in [-0.2, 0) is 24.3 Å². The normalized spacial score (nSPS) is 16.1. The number of carbonyl (C=O) groups excluding carboxylic acids is 1. The molecule has 1 aliphatic heterocycles. The van der Waals surface area contributed by atoms with Gasteiger partial charge in [0.25, 0.3) is 0 Å². The predicted molar refractivity (Wildman–Crippen MR) is 90.9 cm³/mol. The van der Waals surface area contributed by atoms with E-state index < -0.39 is 0 Å². The zero-order valence-corrected chi connectivity index (χ0v) is 14.0.